The number of fused-ring (bicyclic) bond motifs is 5. The molecule has 0 aromatic heterocycles. The van der Waals surface area contributed by atoms with E-state index in [1.54, 1.807) is 6.92 Å². The topological polar surface area (TPSA) is 81.7 Å². The first-order valence-corrected chi connectivity index (χ1v) is 14.0. The van der Waals surface area contributed by atoms with Crippen molar-refractivity contribution in [2.45, 2.75) is 123 Å². The van der Waals surface area contributed by atoms with E-state index in [-0.39, 0.29) is 46.9 Å². The molecule has 1 N–H and O–H groups in total. The summed E-state index contributed by atoms with van der Waals surface area (Å²) in [4.78, 5) is 36.7. The van der Waals surface area contributed by atoms with Crippen molar-refractivity contribution in [3.63, 3.8) is 0 Å². The normalized spacial score (nSPS) is 40.0. The van der Waals surface area contributed by atoms with Crippen LogP contribution in [0.4, 0.5) is 0 Å². The SMILES string of the molecule is CCCC(=O)O[C@@H]1CC[C@@]2(C)C(=CC[C@H]3[C@@H]4C[C@@H](OC(=O)CCC)[C@@H](NC(C)=O)[C@@]4(C)CC[C@@H]32)C1. The van der Waals surface area contributed by atoms with Crippen molar-refractivity contribution in [2.24, 2.45) is 28.6 Å². The lowest BCUT2D eigenvalue weighted by atomic mass is 9.48. The van der Waals surface area contributed by atoms with E-state index in [4.69, 9.17) is 9.47 Å². The van der Waals surface area contributed by atoms with Crippen molar-refractivity contribution in [2.75, 3.05) is 0 Å². The van der Waals surface area contributed by atoms with Crippen LogP contribution in [0, 0.1) is 28.6 Å². The monoisotopic (exact) mass is 487 g/mol. The highest BCUT2D eigenvalue weighted by atomic mass is 16.5. The number of carbonyl (C=O) groups is 3. The van der Waals surface area contributed by atoms with Gasteiger partial charge in [0, 0.05) is 26.2 Å². The molecule has 3 saturated carbocycles. The molecule has 0 aromatic rings. The molecule has 196 valence electrons. The Hall–Kier alpha value is -1.85. The first kappa shape index (κ1) is 26.2. The maximum absolute atomic E-state index is 12.4. The molecule has 0 unspecified atom stereocenters. The summed E-state index contributed by atoms with van der Waals surface area (Å²) in [6, 6.07) is -0.126. The van der Waals surface area contributed by atoms with Crippen LogP contribution in [-0.4, -0.2) is 36.1 Å². The molecule has 4 aliphatic carbocycles. The molecule has 0 spiro atoms. The number of amides is 1. The number of hydrogen-bond donors (Lipinski definition) is 1. The van der Waals surface area contributed by atoms with Crippen LogP contribution in [0.2, 0.25) is 0 Å². The van der Waals surface area contributed by atoms with E-state index in [9.17, 15) is 14.4 Å². The van der Waals surface area contributed by atoms with E-state index in [1.807, 2.05) is 13.8 Å². The second kappa shape index (κ2) is 10.3. The van der Waals surface area contributed by atoms with Crippen molar-refractivity contribution in [3.8, 4) is 0 Å². The maximum Gasteiger partial charge on any atom is 0.306 e. The standard InChI is InChI=1S/C29H45NO5/c1-6-8-25(32)34-20-12-14-28(4)19(16-20)10-11-21-22(28)13-15-29(5)23(21)17-24(27(29)30-18(3)31)35-26(33)9-7-2/h10,20-24,27H,6-9,11-17H2,1-5H3,(H,30,31)/t20-,21-,22+,23+,24-,27-,28+,29+/m1/s1. The number of nitrogens with one attached hydrogen (secondary N) is 1. The van der Waals surface area contributed by atoms with Crippen molar-refractivity contribution < 1.29 is 23.9 Å². The van der Waals surface area contributed by atoms with Gasteiger partial charge in [-0.2, -0.15) is 0 Å². The van der Waals surface area contributed by atoms with Gasteiger partial charge in [0.2, 0.25) is 5.91 Å². The Morgan fingerprint density at radius 3 is 2.34 bits per heavy atom. The third-order valence-electron chi connectivity index (χ3n) is 9.91. The van der Waals surface area contributed by atoms with Crippen LogP contribution in [0.15, 0.2) is 11.6 Å². The van der Waals surface area contributed by atoms with Gasteiger partial charge in [0.05, 0.1) is 6.04 Å². The Morgan fingerprint density at radius 1 is 1.00 bits per heavy atom. The van der Waals surface area contributed by atoms with Gasteiger partial charge in [-0.05, 0) is 80.0 Å². The van der Waals surface area contributed by atoms with E-state index in [0.717, 1.165) is 57.8 Å². The van der Waals surface area contributed by atoms with Gasteiger partial charge in [-0.3, -0.25) is 14.4 Å². The molecule has 0 radical (unpaired) electrons. The van der Waals surface area contributed by atoms with Gasteiger partial charge in [-0.15, -0.1) is 0 Å². The zero-order valence-corrected chi connectivity index (χ0v) is 22.4. The van der Waals surface area contributed by atoms with Gasteiger partial charge in [0.25, 0.3) is 0 Å². The number of hydrogen-bond acceptors (Lipinski definition) is 5. The van der Waals surface area contributed by atoms with Crippen LogP contribution in [-0.2, 0) is 23.9 Å². The Kier molecular flexibility index (Phi) is 7.68. The second-order valence-corrected chi connectivity index (χ2v) is 12.1. The van der Waals surface area contributed by atoms with Crippen molar-refractivity contribution in [3.05, 3.63) is 11.6 Å². The second-order valence-electron chi connectivity index (χ2n) is 12.1. The molecule has 0 saturated heterocycles. The van der Waals surface area contributed by atoms with Crippen LogP contribution in [0.3, 0.4) is 0 Å². The summed E-state index contributed by atoms with van der Waals surface area (Å²) in [7, 11) is 0. The summed E-state index contributed by atoms with van der Waals surface area (Å²) in [5.74, 6) is 1.24. The molecule has 3 fully saturated rings. The largest absolute Gasteiger partial charge is 0.462 e. The molecule has 35 heavy (non-hydrogen) atoms. The molecule has 8 atom stereocenters. The summed E-state index contributed by atoms with van der Waals surface area (Å²) in [6.45, 7) is 10.3. The Morgan fingerprint density at radius 2 is 1.69 bits per heavy atom. The molecule has 6 nitrogen and oxygen atoms in total. The van der Waals surface area contributed by atoms with E-state index in [1.165, 1.54) is 5.57 Å². The molecular weight excluding hydrogens is 442 g/mol. The molecule has 0 bridgehead atoms. The molecule has 4 aliphatic rings. The quantitative estimate of drug-likeness (QED) is 0.379. The number of ether oxygens (including phenoxy) is 2. The van der Waals surface area contributed by atoms with Crippen LogP contribution in [0.1, 0.15) is 105 Å². The Balaban J connectivity index is 1.54. The van der Waals surface area contributed by atoms with Gasteiger partial charge in [-0.25, -0.2) is 0 Å². The first-order chi connectivity index (χ1) is 16.6. The molecule has 1 amide bonds. The zero-order valence-electron chi connectivity index (χ0n) is 22.4. The summed E-state index contributed by atoms with van der Waals surface area (Å²) in [6.07, 6.45) is 11.6. The van der Waals surface area contributed by atoms with Gasteiger partial charge < -0.3 is 14.8 Å². The fourth-order valence-corrected chi connectivity index (χ4v) is 8.19. The minimum Gasteiger partial charge on any atom is -0.462 e. The lowest BCUT2D eigenvalue weighted by Gasteiger charge is -2.57. The minimum atomic E-state index is -0.251. The van der Waals surface area contributed by atoms with Crippen molar-refractivity contribution >= 4 is 17.8 Å². The molecule has 0 heterocycles. The average molecular weight is 488 g/mol. The van der Waals surface area contributed by atoms with Gasteiger partial charge in [0.15, 0.2) is 0 Å². The Labute approximate surface area is 211 Å². The summed E-state index contributed by atoms with van der Waals surface area (Å²) < 4.78 is 11.8. The van der Waals surface area contributed by atoms with E-state index in [2.05, 4.69) is 25.2 Å². The van der Waals surface area contributed by atoms with Crippen LogP contribution < -0.4 is 5.32 Å². The minimum absolute atomic E-state index is 0.0109. The summed E-state index contributed by atoms with van der Waals surface area (Å²) in [5, 5.41) is 3.19. The highest BCUT2D eigenvalue weighted by Gasteiger charge is 2.62. The molecular formula is C29H45NO5. The number of rotatable bonds is 7. The number of allylic oxidation sites excluding steroid dienone is 1. The highest BCUT2D eigenvalue weighted by Crippen LogP contribution is 2.65. The van der Waals surface area contributed by atoms with E-state index < -0.39 is 0 Å². The predicted molar refractivity (Wildman–Crippen MR) is 134 cm³/mol. The van der Waals surface area contributed by atoms with E-state index >= 15 is 0 Å². The van der Waals surface area contributed by atoms with Gasteiger partial charge in [-0.1, -0.05) is 39.3 Å². The fraction of sp³-hybridized carbons (Fsp3) is 0.828. The fourth-order valence-electron chi connectivity index (χ4n) is 8.19. The average Bonchev–Trinajstić information content (AvgIpc) is 3.05. The lowest BCUT2D eigenvalue weighted by Crippen LogP contribution is -2.55. The molecule has 0 aromatic carbocycles. The molecule has 6 heteroatoms. The van der Waals surface area contributed by atoms with Gasteiger partial charge >= 0.3 is 11.9 Å². The van der Waals surface area contributed by atoms with E-state index in [0.29, 0.717) is 30.6 Å². The number of esters is 2. The third-order valence-corrected chi connectivity index (χ3v) is 9.91. The zero-order chi connectivity index (χ0) is 25.4. The molecule has 4 rings (SSSR count). The van der Waals surface area contributed by atoms with Crippen molar-refractivity contribution in [1.82, 2.24) is 5.32 Å². The van der Waals surface area contributed by atoms with Crippen molar-refractivity contribution in [1.29, 1.82) is 0 Å². The first-order valence-electron chi connectivity index (χ1n) is 14.0. The smallest absolute Gasteiger partial charge is 0.306 e. The maximum atomic E-state index is 12.4. The number of carbonyl (C=O) groups excluding carboxylic acids is 3. The summed E-state index contributed by atoms with van der Waals surface area (Å²) in [5.41, 5.74) is 1.54. The molecule has 0 aliphatic heterocycles. The third kappa shape index (κ3) is 4.91. The van der Waals surface area contributed by atoms with Crippen LogP contribution in [0.25, 0.3) is 0 Å². The summed E-state index contributed by atoms with van der Waals surface area (Å²) >= 11 is 0. The Bertz CT molecular complexity index is 867. The predicted octanol–water partition coefficient (Wildman–Crippen LogP) is 5.49. The van der Waals surface area contributed by atoms with Crippen LogP contribution in [0.5, 0.6) is 0 Å². The van der Waals surface area contributed by atoms with Gasteiger partial charge in [0.1, 0.15) is 12.2 Å². The highest BCUT2D eigenvalue weighted by molar-refractivity contribution is 5.74. The lowest BCUT2D eigenvalue weighted by molar-refractivity contribution is -0.152. The van der Waals surface area contributed by atoms with Crippen LogP contribution >= 0.6 is 0 Å².